The predicted molar refractivity (Wildman–Crippen MR) is 119 cm³/mol. The van der Waals surface area contributed by atoms with E-state index in [4.69, 9.17) is 0 Å². The minimum atomic E-state index is -4.76. The Morgan fingerprint density at radius 3 is 2.53 bits per heavy atom. The van der Waals surface area contributed by atoms with Gasteiger partial charge in [-0.1, -0.05) is 0 Å². The van der Waals surface area contributed by atoms with Crippen LogP contribution >= 0.6 is 0 Å². The van der Waals surface area contributed by atoms with Crippen LogP contribution in [0.3, 0.4) is 0 Å². The molecule has 0 unspecified atom stereocenters. The maximum Gasteiger partial charge on any atom is 0.573 e. The van der Waals surface area contributed by atoms with E-state index in [-0.39, 0.29) is 23.6 Å². The second-order valence-corrected chi connectivity index (χ2v) is 8.57. The number of rotatable bonds is 4. The second kappa shape index (κ2) is 9.22. The molecule has 2 aliphatic heterocycles. The van der Waals surface area contributed by atoms with Gasteiger partial charge in [0.25, 0.3) is 5.91 Å². The summed E-state index contributed by atoms with van der Waals surface area (Å²) in [5.74, 6) is 0.578. The number of fused-ring (bicyclic) bond motifs is 1. The van der Waals surface area contributed by atoms with E-state index in [1.807, 2.05) is 6.07 Å². The van der Waals surface area contributed by atoms with Crippen molar-refractivity contribution < 1.29 is 22.7 Å². The van der Waals surface area contributed by atoms with Gasteiger partial charge in [-0.3, -0.25) is 4.79 Å². The van der Waals surface area contributed by atoms with Crippen LogP contribution in [0.4, 0.5) is 13.2 Å². The van der Waals surface area contributed by atoms with Gasteiger partial charge < -0.3 is 25.3 Å². The highest BCUT2D eigenvalue weighted by Crippen LogP contribution is 2.33. The van der Waals surface area contributed by atoms with Gasteiger partial charge in [0.1, 0.15) is 11.6 Å². The molecule has 2 fully saturated rings. The number of benzene rings is 1. The molecule has 8 nitrogen and oxygen atoms in total. The molecule has 11 heteroatoms. The normalized spacial score (nSPS) is 20.0. The molecule has 1 amide bonds. The van der Waals surface area contributed by atoms with E-state index in [9.17, 15) is 18.0 Å². The summed E-state index contributed by atoms with van der Waals surface area (Å²) in [6, 6.07) is 7.17. The van der Waals surface area contributed by atoms with Gasteiger partial charge in [-0.15, -0.1) is 13.2 Å². The minimum absolute atomic E-state index is 0.114. The zero-order valence-corrected chi connectivity index (χ0v) is 18.4. The first kappa shape index (κ1) is 22.6. The monoisotopic (exact) mass is 474 g/mol. The Hall–Kier alpha value is -3.18. The van der Waals surface area contributed by atoms with Gasteiger partial charge in [0, 0.05) is 44.5 Å². The fraction of sp³-hybridized carbons (Fsp3) is 0.435. The number of nitrogens with zero attached hydrogens (tertiary/aromatic N) is 3. The van der Waals surface area contributed by atoms with Crippen molar-refractivity contribution in [3.05, 3.63) is 53.5 Å². The zero-order chi connectivity index (χ0) is 23.7. The largest absolute Gasteiger partial charge is 0.573 e. The molecule has 180 valence electrons. The average molecular weight is 474 g/mol. The van der Waals surface area contributed by atoms with Gasteiger partial charge >= 0.3 is 6.36 Å². The Labute approximate surface area is 193 Å². The number of likely N-dealkylation sites (tertiary alicyclic amines) is 1. The number of imidazole rings is 1. The first-order valence-corrected chi connectivity index (χ1v) is 11.3. The number of H-pyrrole nitrogens is 1. The number of aromatic amines is 1. The lowest BCUT2D eigenvalue weighted by Gasteiger charge is -2.32. The van der Waals surface area contributed by atoms with Crippen molar-refractivity contribution in [3.63, 3.8) is 0 Å². The lowest BCUT2D eigenvalue weighted by atomic mass is 9.89. The number of amides is 1. The van der Waals surface area contributed by atoms with Crippen LogP contribution in [-0.2, 0) is 0 Å². The number of alkyl halides is 3. The molecule has 3 aromatic rings. The number of aromatic nitrogens is 3. The molecule has 2 aliphatic rings. The molecule has 1 atom stereocenters. The molecule has 2 aromatic heterocycles. The lowest BCUT2D eigenvalue weighted by molar-refractivity contribution is -0.274. The smallest absolute Gasteiger partial charge is 0.406 e. The molecular weight excluding hydrogens is 449 g/mol. The highest BCUT2D eigenvalue weighted by Gasteiger charge is 2.31. The molecule has 2 saturated heterocycles. The van der Waals surface area contributed by atoms with Crippen molar-refractivity contribution in [2.24, 2.45) is 0 Å². The van der Waals surface area contributed by atoms with Gasteiger partial charge in [-0.25, -0.2) is 9.97 Å². The van der Waals surface area contributed by atoms with Crippen LogP contribution in [0.5, 0.6) is 5.75 Å². The zero-order valence-electron chi connectivity index (χ0n) is 18.4. The van der Waals surface area contributed by atoms with Crippen molar-refractivity contribution in [2.75, 3.05) is 32.7 Å². The van der Waals surface area contributed by atoms with Crippen LogP contribution < -0.4 is 15.4 Å². The van der Waals surface area contributed by atoms with Gasteiger partial charge in [-0.05, 0) is 54.7 Å². The maximum absolute atomic E-state index is 12.9. The number of halogens is 3. The summed E-state index contributed by atoms with van der Waals surface area (Å²) in [6.07, 6.45) is -1.43. The number of carbonyl (C=O) groups is 1. The quantitative estimate of drug-likeness (QED) is 0.538. The SMILES string of the molecule is O=C(c1ccc(OC(F)(F)F)cc1)N1CCC(c2ccnc3nc([C@H]4CNCCN4)[nH]c23)CC1. The van der Waals surface area contributed by atoms with Crippen molar-refractivity contribution in [3.8, 4) is 5.75 Å². The molecule has 0 spiro atoms. The minimum Gasteiger partial charge on any atom is -0.406 e. The summed E-state index contributed by atoms with van der Waals surface area (Å²) in [5, 5.41) is 6.81. The molecular formula is C23H25F3N6O2. The van der Waals surface area contributed by atoms with Crippen molar-refractivity contribution in [2.45, 2.75) is 31.2 Å². The number of piperazine rings is 1. The summed E-state index contributed by atoms with van der Waals surface area (Å²) in [4.78, 5) is 27.2. The molecule has 3 N–H and O–H groups in total. The highest BCUT2D eigenvalue weighted by molar-refractivity contribution is 5.94. The van der Waals surface area contributed by atoms with Gasteiger partial charge in [0.2, 0.25) is 0 Å². The third-order valence-corrected chi connectivity index (χ3v) is 6.37. The Morgan fingerprint density at radius 1 is 1.09 bits per heavy atom. The molecule has 34 heavy (non-hydrogen) atoms. The van der Waals surface area contributed by atoms with Gasteiger partial charge in [-0.2, -0.15) is 0 Å². The topological polar surface area (TPSA) is 95.2 Å². The number of hydrogen-bond acceptors (Lipinski definition) is 6. The Kier molecular flexibility index (Phi) is 6.13. The third-order valence-electron chi connectivity index (χ3n) is 6.37. The van der Waals surface area contributed by atoms with E-state index < -0.39 is 6.36 Å². The van der Waals surface area contributed by atoms with Crippen LogP contribution in [0.25, 0.3) is 11.2 Å². The molecule has 0 saturated carbocycles. The van der Waals surface area contributed by atoms with Crippen LogP contribution in [0.15, 0.2) is 36.5 Å². The summed E-state index contributed by atoms with van der Waals surface area (Å²) in [5.41, 5.74) is 3.12. The van der Waals surface area contributed by atoms with E-state index in [1.165, 1.54) is 12.1 Å². The molecule has 5 rings (SSSR count). The number of hydrogen-bond donors (Lipinski definition) is 3. The number of nitrogens with one attached hydrogen (secondary N) is 3. The average Bonchev–Trinajstić information content (AvgIpc) is 3.28. The van der Waals surface area contributed by atoms with Crippen LogP contribution in [0, 0.1) is 0 Å². The first-order chi connectivity index (χ1) is 16.4. The summed E-state index contributed by atoms with van der Waals surface area (Å²) in [7, 11) is 0. The van der Waals surface area contributed by atoms with Crippen molar-refractivity contribution in [1.82, 2.24) is 30.5 Å². The fourth-order valence-corrected chi connectivity index (χ4v) is 4.68. The van der Waals surface area contributed by atoms with Gasteiger partial charge in [0.05, 0.1) is 11.6 Å². The van der Waals surface area contributed by atoms with E-state index in [1.54, 1.807) is 11.1 Å². The summed E-state index contributed by atoms with van der Waals surface area (Å²) < 4.78 is 40.9. The molecule has 0 bridgehead atoms. The van der Waals surface area contributed by atoms with E-state index in [2.05, 4.69) is 30.3 Å². The standard InChI is InChI=1S/C23H25F3N6O2/c24-23(25,26)34-16-3-1-15(2-4-16)22(33)32-11-6-14(7-12-32)17-5-8-29-21-19(17)30-20(31-21)18-13-27-9-10-28-18/h1-5,8,14,18,27-28H,6-7,9-13H2,(H,29,30,31)/t18-/m1/s1. The van der Waals surface area contributed by atoms with E-state index in [0.717, 1.165) is 61.5 Å². The van der Waals surface area contributed by atoms with E-state index >= 15 is 0 Å². The summed E-state index contributed by atoms with van der Waals surface area (Å²) in [6.45, 7) is 3.74. The number of carbonyl (C=O) groups excluding carboxylic acids is 1. The van der Waals surface area contributed by atoms with Crippen molar-refractivity contribution >= 4 is 17.1 Å². The molecule has 0 aliphatic carbocycles. The van der Waals surface area contributed by atoms with Crippen molar-refractivity contribution in [1.29, 1.82) is 0 Å². The van der Waals surface area contributed by atoms with Crippen LogP contribution in [0.2, 0.25) is 0 Å². The molecule has 0 radical (unpaired) electrons. The Balaban J connectivity index is 1.25. The number of pyridine rings is 1. The Morgan fingerprint density at radius 2 is 1.85 bits per heavy atom. The maximum atomic E-state index is 12.9. The van der Waals surface area contributed by atoms with E-state index in [0.29, 0.717) is 24.3 Å². The molecule has 1 aromatic carbocycles. The van der Waals surface area contributed by atoms with Gasteiger partial charge in [0.15, 0.2) is 5.65 Å². The highest BCUT2D eigenvalue weighted by atomic mass is 19.4. The number of piperidine rings is 1. The summed E-state index contributed by atoms with van der Waals surface area (Å²) >= 11 is 0. The third kappa shape index (κ3) is 4.85. The fourth-order valence-electron chi connectivity index (χ4n) is 4.68. The predicted octanol–water partition coefficient (Wildman–Crippen LogP) is 3.11. The first-order valence-electron chi connectivity index (χ1n) is 11.3. The van der Waals surface area contributed by atoms with Crippen LogP contribution in [0.1, 0.15) is 46.5 Å². The van der Waals surface area contributed by atoms with Crippen LogP contribution in [-0.4, -0.2) is 64.8 Å². The number of ether oxygens (including phenoxy) is 1. The lowest BCUT2D eigenvalue weighted by Crippen LogP contribution is -2.43. The Bertz CT molecular complexity index is 1150. The molecule has 4 heterocycles. The second-order valence-electron chi connectivity index (χ2n) is 8.57.